The van der Waals surface area contributed by atoms with Crippen LogP contribution >= 0.6 is 0 Å². The summed E-state index contributed by atoms with van der Waals surface area (Å²) in [4.78, 5) is 0. The Bertz CT molecular complexity index is 537. The minimum Gasteiger partial charge on any atom is -0.393 e. The van der Waals surface area contributed by atoms with E-state index in [0.29, 0.717) is 5.41 Å². The highest BCUT2D eigenvalue weighted by Crippen LogP contribution is 2.23. The maximum absolute atomic E-state index is 10.1. The van der Waals surface area contributed by atoms with E-state index < -0.39 is 0 Å². The summed E-state index contributed by atoms with van der Waals surface area (Å²) in [6.45, 7) is 6.65. The lowest BCUT2D eigenvalue weighted by Crippen LogP contribution is -2.15. The molecule has 0 fully saturated rings. The summed E-state index contributed by atoms with van der Waals surface area (Å²) < 4.78 is 0. The maximum atomic E-state index is 10.1. The number of aliphatic hydroxyl groups excluding tert-OH is 1. The molecule has 0 saturated carbocycles. The maximum Gasteiger partial charge on any atom is 0.0580 e. The van der Waals surface area contributed by atoms with E-state index >= 15 is 0 Å². The molecule has 0 bridgehead atoms. The largest absolute Gasteiger partial charge is 0.393 e. The highest BCUT2D eigenvalue weighted by Gasteiger charge is 2.14. The summed E-state index contributed by atoms with van der Waals surface area (Å²) in [7, 11) is 0. The first-order valence-electron chi connectivity index (χ1n) is 7.10. The van der Waals surface area contributed by atoms with Crippen LogP contribution in [0.3, 0.4) is 0 Å². The number of aliphatic hydroxyl groups is 1. The molecule has 1 N–H and O–H groups in total. The predicted octanol–water partition coefficient (Wildman–Crippen LogP) is 4.57. The third kappa shape index (κ3) is 4.36. The Morgan fingerprint density at radius 3 is 2.37 bits per heavy atom. The van der Waals surface area contributed by atoms with Gasteiger partial charge in [-0.1, -0.05) is 63.2 Å². The lowest BCUT2D eigenvalue weighted by molar-refractivity contribution is 0.146. The molecule has 0 heterocycles. The topological polar surface area (TPSA) is 20.2 Å². The van der Waals surface area contributed by atoms with Gasteiger partial charge < -0.3 is 5.11 Å². The van der Waals surface area contributed by atoms with Crippen LogP contribution in [-0.4, -0.2) is 11.2 Å². The molecule has 102 valence electrons. The van der Waals surface area contributed by atoms with Crippen molar-refractivity contribution in [3.8, 4) is 0 Å². The molecule has 0 aromatic heterocycles. The fraction of sp³-hybridized carbons (Fsp3) is 0.444. The van der Waals surface area contributed by atoms with Crippen molar-refractivity contribution in [2.45, 2.75) is 46.1 Å². The molecule has 1 nitrogen and oxygen atoms in total. The van der Waals surface area contributed by atoms with Gasteiger partial charge in [-0.05, 0) is 41.0 Å². The molecule has 2 aromatic carbocycles. The van der Waals surface area contributed by atoms with E-state index in [9.17, 15) is 5.11 Å². The number of hydrogen-bond donors (Lipinski definition) is 1. The molecule has 1 unspecified atom stereocenters. The van der Waals surface area contributed by atoms with E-state index in [1.54, 1.807) is 0 Å². The molecule has 0 aliphatic rings. The van der Waals surface area contributed by atoms with E-state index in [4.69, 9.17) is 0 Å². The van der Waals surface area contributed by atoms with Crippen molar-refractivity contribution in [1.29, 1.82) is 0 Å². The van der Waals surface area contributed by atoms with Crippen molar-refractivity contribution in [2.75, 3.05) is 0 Å². The number of hydrogen-bond acceptors (Lipinski definition) is 1. The van der Waals surface area contributed by atoms with Crippen LogP contribution in [0.4, 0.5) is 0 Å². The summed E-state index contributed by atoms with van der Waals surface area (Å²) in [5.74, 6) is 0. The molecule has 0 aliphatic carbocycles. The molecule has 0 amide bonds. The SMILES string of the molecule is CC(C)(C)CCC(O)Cc1ccc2ccccc2c1. The van der Waals surface area contributed by atoms with E-state index in [1.807, 2.05) is 0 Å². The summed E-state index contributed by atoms with van der Waals surface area (Å²) in [5.41, 5.74) is 1.52. The second-order valence-electron chi connectivity index (χ2n) is 6.64. The first-order chi connectivity index (χ1) is 8.94. The fourth-order valence-electron chi connectivity index (χ4n) is 2.34. The van der Waals surface area contributed by atoms with Gasteiger partial charge in [0.15, 0.2) is 0 Å². The van der Waals surface area contributed by atoms with Crippen LogP contribution in [0, 0.1) is 5.41 Å². The molecular weight excluding hydrogens is 232 g/mol. The van der Waals surface area contributed by atoms with Gasteiger partial charge in [0.1, 0.15) is 0 Å². The van der Waals surface area contributed by atoms with Gasteiger partial charge in [0.2, 0.25) is 0 Å². The van der Waals surface area contributed by atoms with Crippen LogP contribution in [0.5, 0.6) is 0 Å². The van der Waals surface area contributed by atoms with Crippen molar-refractivity contribution >= 4 is 10.8 Å². The average molecular weight is 256 g/mol. The third-order valence-corrected chi connectivity index (χ3v) is 3.51. The van der Waals surface area contributed by atoms with Gasteiger partial charge >= 0.3 is 0 Å². The normalized spacial score (nSPS) is 13.7. The van der Waals surface area contributed by atoms with E-state index in [-0.39, 0.29) is 6.10 Å². The Labute approximate surface area is 116 Å². The lowest BCUT2D eigenvalue weighted by Gasteiger charge is -2.20. The van der Waals surface area contributed by atoms with Crippen LogP contribution in [0.25, 0.3) is 10.8 Å². The highest BCUT2D eigenvalue weighted by atomic mass is 16.3. The summed E-state index contributed by atoms with van der Waals surface area (Å²) in [6.07, 6.45) is 2.44. The standard InChI is InChI=1S/C18H24O/c1-18(2,3)11-10-17(19)13-14-8-9-15-6-4-5-7-16(15)12-14/h4-9,12,17,19H,10-11,13H2,1-3H3. The van der Waals surface area contributed by atoms with Gasteiger partial charge in [0.25, 0.3) is 0 Å². The summed E-state index contributed by atoms with van der Waals surface area (Å²) in [6, 6.07) is 14.8. The first-order valence-corrected chi connectivity index (χ1v) is 7.10. The van der Waals surface area contributed by atoms with E-state index in [2.05, 4.69) is 63.2 Å². The van der Waals surface area contributed by atoms with Crippen molar-refractivity contribution in [2.24, 2.45) is 5.41 Å². The Morgan fingerprint density at radius 2 is 1.68 bits per heavy atom. The predicted molar refractivity (Wildman–Crippen MR) is 82.3 cm³/mol. The second-order valence-corrected chi connectivity index (χ2v) is 6.64. The molecule has 0 radical (unpaired) electrons. The minimum atomic E-state index is -0.236. The number of fused-ring (bicyclic) bond motifs is 1. The Balaban J connectivity index is 2.00. The van der Waals surface area contributed by atoms with Crippen LogP contribution in [-0.2, 0) is 6.42 Å². The van der Waals surface area contributed by atoms with E-state index in [1.165, 1.54) is 16.3 Å². The number of rotatable bonds is 4. The van der Waals surface area contributed by atoms with Gasteiger partial charge in [0, 0.05) is 0 Å². The zero-order valence-electron chi connectivity index (χ0n) is 12.2. The first kappa shape index (κ1) is 14.1. The smallest absolute Gasteiger partial charge is 0.0580 e. The zero-order valence-corrected chi connectivity index (χ0v) is 12.2. The molecular formula is C18H24O. The van der Waals surface area contributed by atoms with Gasteiger partial charge in [-0.25, -0.2) is 0 Å². The molecule has 1 atom stereocenters. The Hall–Kier alpha value is -1.34. The van der Waals surface area contributed by atoms with Crippen molar-refractivity contribution < 1.29 is 5.11 Å². The molecule has 2 aromatic rings. The van der Waals surface area contributed by atoms with Crippen molar-refractivity contribution in [3.05, 3.63) is 48.0 Å². The number of benzene rings is 2. The van der Waals surface area contributed by atoms with Crippen molar-refractivity contribution in [1.82, 2.24) is 0 Å². The molecule has 0 saturated heterocycles. The highest BCUT2D eigenvalue weighted by molar-refractivity contribution is 5.82. The molecule has 1 heteroatoms. The minimum absolute atomic E-state index is 0.236. The van der Waals surface area contributed by atoms with E-state index in [0.717, 1.165) is 19.3 Å². The lowest BCUT2D eigenvalue weighted by atomic mass is 9.88. The zero-order chi connectivity index (χ0) is 13.9. The monoisotopic (exact) mass is 256 g/mol. The second kappa shape index (κ2) is 5.75. The third-order valence-electron chi connectivity index (χ3n) is 3.51. The Morgan fingerprint density at radius 1 is 1.00 bits per heavy atom. The quantitative estimate of drug-likeness (QED) is 0.849. The molecule has 0 aliphatic heterocycles. The fourth-order valence-corrected chi connectivity index (χ4v) is 2.34. The van der Waals surface area contributed by atoms with Crippen LogP contribution in [0.1, 0.15) is 39.2 Å². The molecule has 0 spiro atoms. The average Bonchev–Trinajstić information content (AvgIpc) is 2.35. The Kier molecular flexibility index (Phi) is 4.26. The molecule has 2 rings (SSSR count). The van der Waals surface area contributed by atoms with Crippen molar-refractivity contribution in [3.63, 3.8) is 0 Å². The summed E-state index contributed by atoms with van der Waals surface area (Å²) in [5, 5.41) is 12.7. The van der Waals surface area contributed by atoms with Gasteiger partial charge in [-0.3, -0.25) is 0 Å². The molecule has 19 heavy (non-hydrogen) atoms. The van der Waals surface area contributed by atoms with Gasteiger partial charge in [-0.15, -0.1) is 0 Å². The van der Waals surface area contributed by atoms with Crippen LogP contribution < -0.4 is 0 Å². The van der Waals surface area contributed by atoms with Gasteiger partial charge in [-0.2, -0.15) is 0 Å². The van der Waals surface area contributed by atoms with Crippen LogP contribution in [0.15, 0.2) is 42.5 Å². The van der Waals surface area contributed by atoms with Crippen LogP contribution in [0.2, 0.25) is 0 Å². The summed E-state index contributed by atoms with van der Waals surface area (Å²) >= 11 is 0. The van der Waals surface area contributed by atoms with Gasteiger partial charge in [0.05, 0.1) is 6.10 Å².